The lowest BCUT2D eigenvalue weighted by molar-refractivity contribution is 0.0532. The van der Waals surface area contributed by atoms with Gasteiger partial charge in [0.05, 0.1) is 24.3 Å². The zero-order chi connectivity index (χ0) is 13.0. The van der Waals surface area contributed by atoms with E-state index in [-0.39, 0.29) is 5.97 Å². The maximum absolute atomic E-state index is 11.6. The molecule has 0 spiro atoms. The topological polar surface area (TPSA) is 48.4 Å². The number of hydrogen-bond acceptors (Lipinski definition) is 5. The van der Waals surface area contributed by atoms with E-state index in [4.69, 9.17) is 9.47 Å². The van der Waals surface area contributed by atoms with E-state index < -0.39 is 0 Å². The number of esters is 1. The van der Waals surface area contributed by atoms with Crippen molar-refractivity contribution in [2.45, 2.75) is 6.92 Å². The Morgan fingerprint density at radius 2 is 2.17 bits per heavy atom. The summed E-state index contributed by atoms with van der Waals surface area (Å²) in [6.45, 7) is 2.17. The highest BCUT2D eigenvalue weighted by Crippen LogP contribution is 2.28. The molecule has 2 rings (SSSR count). The fraction of sp³-hybridized carbons (Fsp3) is 0.231. The van der Waals surface area contributed by atoms with E-state index in [2.05, 4.69) is 4.98 Å². The summed E-state index contributed by atoms with van der Waals surface area (Å²) in [4.78, 5) is 17.4. The molecule has 2 aromatic heterocycles. The molecule has 0 bridgehead atoms. The van der Waals surface area contributed by atoms with Crippen LogP contribution in [0, 0.1) is 0 Å². The minimum atomic E-state index is -0.295. The molecular weight excluding hydrogens is 250 g/mol. The second-order valence-electron chi connectivity index (χ2n) is 3.45. The Morgan fingerprint density at radius 3 is 2.89 bits per heavy atom. The number of hydrogen-bond donors (Lipinski definition) is 0. The van der Waals surface area contributed by atoms with Gasteiger partial charge in [-0.15, -0.1) is 11.3 Å². The molecule has 0 amide bonds. The van der Waals surface area contributed by atoms with Crippen molar-refractivity contribution < 1.29 is 14.3 Å². The standard InChI is InChI=1S/C13H13NO3S/c1-3-17-13(15)11-8-7-10(18-11)9-5-4-6-12(14-9)16-2/h4-8H,3H2,1-2H3. The van der Waals surface area contributed by atoms with Gasteiger partial charge in [0.2, 0.25) is 5.88 Å². The van der Waals surface area contributed by atoms with Crippen molar-refractivity contribution >= 4 is 17.3 Å². The van der Waals surface area contributed by atoms with Crippen molar-refractivity contribution in [3.63, 3.8) is 0 Å². The van der Waals surface area contributed by atoms with Crippen LogP contribution in [0.25, 0.3) is 10.6 Å². The van der Waals surface area contributed by atoms with Gasteiger partial charge in [-0.2, -0.15) is 0 Å². The fourth-order valence-corrected chi connectivity index (χ4v) is 2.32. The summed E-state index contributed by atoms with van der Waals surface area (Å²) in [6.07, 6.45) is 0. The first-order valence-electron chi connectivity index (χ1n) is 5.53. The van der Waals surface area contributed by atoms with Crippen molar-refractivity contribution in [1.82, 2.24) is 4.98 Å². The van der Waals surface area contributed by atoms with E-state index >= 15 is 0 Å². The molecule has 0 saturated heterocycles. The van der Waals surface area contributed by atoms with Crippen molar-refractivity contribution in [2.24, 2.45) is 0 Å². The predicted octanol–water partition coefficient (Wildman–Crippen LogP) is 3.00. The first kappa shape index (κ1) is 12.6. The summed E-state index contributed by atoms with van der Waals surface area (Å²) in [5, 5.41) is 0. The van der Waals surface area contributed by atoms with Crippen LogP contribution < -0.4 is 4.74 Å². The minimum absolute atomic E-state index is 0.295. The maximum Gasteiger partial charge on any atom is 0.348 e. The van der Waals surface area contributed by atoms with Crippen LogP contribution in [0.2, 0.25) is 0 Å². The average molecular weight is 263 g/mol. The highest BCUT2D eigenvalue weighted by atomic mass is 32.1. The second kappa shape index (κ2) is 5.64. The summed E-state index contributed by atoms with van der Waals surface area (Å²) < 4.78 is 10.0. The van der Waals surface area contributed by atoms with Gasteiger partial charge in [-0.25, -0.2) is 9.78 Å². The Balaban J connectivity index is 2.26. The zero-order valence-corrected chi connectivity index (χ0v) is 11.0. The van der Waals surface area contributed by atoms with E-state index in [0.717, 1.165) is 10.6 Å². The third kappa shape index (κ3) is 2.68. The molecule has 0 aliphatic rings. The molecule has 0 aliphatic heterocycles. The van der Waals surface area contributed by atoms with Crippen molar-refractivity contribution in [1.29, 1.82) is 0 Å². The van der Waals surface area contributed by atoms with Crippen molar-refractivity contribution in [2.75, 3.05) is 13.7 Å². The summed E-state index contributed by atoms with van der Waals surface area (Å²) in [6, 6.07) is 9.13. The van der Waals surface area contributed by atoms with E-state index in [0.29, 0.717) is 17.4 Å². The predicted molar refractivity (Wildman–Crippen MR) is 70.1 cm³/mol. The van der Waals surface area contributed by atoms with Gasteiger partial charge in [0.15, 0.2) is 0 Å². The van der Waals surface area contributed by atoms with Gasteiger partial charge in [-0.05, 0) is 25.1 Å². The minimum Gasteiger partial charge on any atom is -0.481 e. The average Bonchev–Trinajstić information content (AvgIpc) is 2.89. The molecule has 0 atom stereocenters. The van der Waals surface area contributed by atoms with Crippen LogP contribution in [-0.4, -0.2) is 24.7 Å². The van der Waals surface area contributed by atoms with Gasteiger partial charge in [0.25, 0.3) is 0 Å². The molecule has 0 N–H and O–H groups in total. The molecule has 5 heteroatoms. The molecule has 0 fully saturated rings. The Morgan fingerprint density at radius 1 is 1.33 bits per heavy atom. The fourth-order valence-electron chi connectivity index (χ4n) is 1.45. The van der Waals surface area contributed by atoms with Gasteiger partial charge in [0.1, 0.15) is 4.88 Å². The number of rotatable bonds is 4. The Bertz CT molecular complexity index is 551. The lowest BCUT2D eigenvalue weighted by Crippen LogP contribution is -2.01. The molecule has 0 unspecified atom stereocenters. The van der Waals surface area contributed by atoms with E-state index in [1.807, 2.05) is 18.2 Å². The SMILES string of the molecule is CCOC(=O)c1ccc(-c2cccc(OC)n2)s1. The van der Waals surface area contributed by atoms with Crippen LogP contribution in [0.5, 0.6) is 5.88 Å². The van der Waals surface area contributed by atoms with Gasteiger partial charge in [0, 0.05) is 6.07 Å². The van der Waals surface area contributed by atoms with Gasteiger partial charge in [-0.3, -0.25) is 0 Å². The highest BCUT2D eigenvalue weighted by Gasteiger charge is 2.11. The lowest BCUT2D eigenvalue weighted by Gasteiger charge is -2.00. The summed E-state index contributed by atoms with van der Waals surface area (Å²) in [5.41, 5.74) is 0.787. The van der Waals surface area contributed by atoms with Crippen LogP contribution >= 0.6 is 11.3 Å². The first-order valence-corrected chi connectivity index (χ1v) is 6.34. The number of aromatic nitrogens is 1. The molecule has 94 valence electrons. The third-order valence-electron chi connectivity index (χ3n) is 2.27. The molecule has 2 aromatic rings. The number of ether oxygens (including phenoxy) is 2. The zero-order valence-electron chi connectivity index (χ0n) is 10.2. The van der Waals surface area contributed by atoms with Gasteiger partial charge >= 0.3 is 5.97 Å². The normalized spacial score (nSPS) is 10.1. The van der Waals surface area contributed by atoms with Crippen LogP contribution in [-0.2, 0) is 4.74 Å². The van der Waals surface area contributed by atoms with Crippen LogP contribution in [0.4, 0.5) is 0 Å². The van der Waals surface area contributed by atoms with Crippen LogP contribution in [0.15, 0.2) is 30.3 Å². The van der Waals surface area contributed by atoms with Gasteiger partial charge < -0.3 is 9.47 Å². The third-order valence-corrected chi connectivity index (χ3v) is 3.36. The second-order valence-corrected chi connectivity index (χ2v) is 4.53. The summed E-state index contributed by atoms with van der Waals surface area (Å²) >= 11 is 1.36. The highest BCUT2D eigenvalue weighted by molar-refractivity contribution is 7.17. The number of carbonyl (C=O) groups excluding carboxylic acids is 1. The lowest BCUT2D eigenvalue weighted by atomic mass is 10.3. The van der Waals surface area contributed by atoms with Crippen molar-refractivity contribution in [3.05, 3.63) is 35.2 Å². The largest absolute Gasteiger partial charge is 0.481 e. The molecule has 0 aromatic carbocycles. The Labute approximate surface area is 109 Å². The summed E-state index contributed by atoms with van der Waals surface area (Å²) in [5.74, 6) is 0.259. The molecular formula is C13H13NO3S. The van der Waals surface area contributed by atoms with Crippen LogP contribution in [0.1, 0.15) is 16.6 Å². The quantitative estimate of drug-likeness (QED) is 0.796. The number of methoxy groups -OCH3 is 1. The number of carbonyl (C=O) groups is 1. The maximum atomic E-state index is 11.6. The summed E-state index contributed by atoms with van der Waals surface area (Å²) in [7, 11) is 1.57. The van der Waals surface area contributed by atoms with Gasteiger partial charge in [-0.1, -0.05) is 6.07 Å². The molecule has 0 aliphatic carbocycles. The van der Waals surface area contributed by atoms with E-state index in [1.165, 1.54) is 11.3 Å². The number of nitrogens with zero attached hydrogens (tertiary/aromatic N) is 1. The van der Waals surface area contributed by atoms with E-state index in [9.17, 15) is 4.79 Å². The molecule has 0 radical (unpaired) electrons. The Hall–Kier alpha value is -1.88. The van der Waals surface area contributed by atoms with Crippen LogP contribution in [0.3, 0.4) is 0 Å². The first-order chi connectivity index (χ1) is 8.74. The molecule has 18 heavy (non-hydrogen) atoms. The molecule has 0 saturated carbocycles. The number of pyridine rings is 1. The number of thiophene rings is 1. The molecule has 4 nitrogen and oxygen atoms in total. The smallest absolute Gasteiger partial charge is 0.348 e. The van der Waals surface area contributed by atoms with E-state index in [1.54, 1.807) is 26.2 Å². The van der Waals surface area contributed by atoms with Crippen molar-refractivity contribution in [3.8, 4) is 16.5 Å². The monoisotopic (exact) mass is 263 g/mol. The molecule has 2 heterocycles. The Kier molecular flexibility index (Phi) is 3.94.